The Kier molecular flexibility index (Phi) is 7.71. The second kappa shape index (κ2) is 10.2. The number of nitrogens with zero attached hydrogens (tertiary/aromatic N) is 1. The molecule has 1 saturated heterocycles. The number of carbonyl (C=O) groups excluding carboxylic acids is 2. The Morgan fingerprint density at radius 2 is 1.75 bits per heavy atom. The van der Waals surface area contributed by atoms with Gasteiger partial charge in [-0.25, -0.2) is 0 Å². The van der Waals surface area contributed by atoms with Gasteiger partial charge in [-0.05, 0) is 48.9 Å². The van der Waals surface area contributed by atoms with Gasteiger partial charge in [0.2, 0.25) is 11.8 Å². The van der Waals surface area contributed by atoms with Crippen molar-refractivity contribution in [3.63, 3.8) is 0 Å². The zero-order valence-electron chi connectivity index (χ0n) is 15.7. The molecule has 0 aliphatic carbocycles. The molecule has 1 atom stereocenters. The Morgan fingerprint density at radius 3 is 2.39 bits per heavy atom. The highest BCUT2D eigenvalue weighted by molar-refractivity contribution is 8.00. The van der Waals surface area contributed by atoms with Crippen molar-refractivity contribution >= 4 is 52.6 Å². The van der Waals surface area contributed by atoms with E-state index in [0.717, 1.165) is 40.7 Å². The normalized spacial score (nSPS) is 15.1. The molecular formula is C21H23ClN2O2S2. The van der Waals surface area contributed by atoms with Crippen molar-refractivity contribution in [2.75, 3.05) is 29.9 Å². The van der Waals surface area contributed by atoms with Crippen LogP contribution in [0.1, 0.15) is 12.5 Å². The lowest BCUT2D eigenvalue weighted by Crippen LogP contribution is -2.38. The molecule has 1 fully saturated rings. The summed E-state index contributed by atoms with van der Waals surface area (Å²) in [5, 5.41) is 3.38. The van der Waals surface area contributed by atoms with Crippen molar-refractivity contribution in [2.45, 2.75) is 23.5 Å². The summed E-state index contributed by atoms with van der Waals surface area (Å²) in [5.41, 5.74) is 1.70. The molecule has 28 heavy (non-hydrogen) atoms. The predicted octanol–water partition coefficient (Wildman–Crippen LogP) is 4.58. The molecule has 4 nitrogen and oxygen atoms in total. The third-order valence-corrected chi connectivity index (χ3v) is 6.74. The highest BCUT2D eigenvalue weighted by Crippen LogP contribution is 2.25. The van der Waals surface area contributed by atoms with Crippen molar-refractivity contribution in [1.82, 2.24) is 4.90 Å². The van der Waals surface area contributed by atoms with Gasteiger partial charge >= 0.3 is 0 Å². The fourth-order valence-corrected chi connectivity index (χ4v) is 4.72. The molecule has 1 aliphatic rings. The van der Waals surface area contributed by atoms with E-state index in [1.54, 1.807) is 0 Å². The lowest BCUT2D eigenvalue weighted by molar-refractivity contribution is -0.130. The maximum Gasteiger partial charge on any atom is 0.237 e. The van der Waals surface area contributed by atoms with Crippen LogP contribution in [0.25, 0.3) is 0 Å². The van der Waals surface area contributed by atoms with E-state index in [2.05, 4.69) is 5.32 Å². The number of halogens is 1. The van der Waals surface area contributed by atoms with Gasteiger partial charge in [0.15, 0.2) is 0 Å². The molecular weight excluding hydrogens is 412 g/mol. The van der Waals surface area contributed by atoms with Gasteiger partial charge in [0.1, 0.15) is 0 Å². The van der Waals surface area contributed by atoms with Crippen LogP contribution >= 0.6 is 35.1 Å². The molecule has 1 aliphatic heterocycles. The smallest absolute Gasteiger partial charge is 0.237 e. The molecule has 0 aromatic heterocycles. The van der Waals surface area contributed by atoms with E-state index in [9.17, 15) is 9.59 Å². The molecule has 2 aromatic carbocycles. The van der Waals surface area contributed by atoms with E-state index in [1.165, 1.54) is 11.8 Å². The van der Waals surface area contributed by atoms with Crippen LogP contribution in [-0.4, -0.2) is 46.6 Å². The number of amides is 2. The summed E-state index contributed by atoms with van der Waals surface area (Å²) in [4.78, 5) is 27.7. The zero-order chi connectivity index (χ0) is 19.9. The van der Waals surface area contributed by atoms with E-state index in [4.69, 9.17) is 11.6 Å². The Hall–Kier alpha value is -1.63. The zero-order valence-corrected chi connectivity index (χ0v) is 18.1. The van der Waals surface area contributed by atoms with Crippen molar-refractivity contribution in [2.24, 2.45) is 0 Å². The second-order valence-corrected chi connectivity index (χ2v) is 9.65. The Balaban J connectivity index is 1.50. The van der Waals surface area contributed by atoms with E-state index in [0.29, 0.717) is 11.4 Å². The Morgan fingerprint density at radius 1 is 1.11 bits per heavy atom. The average Bonchev–Trinajstić information content (AvgIpc) is 2.71. The number of rotatable bonds is 6. The summed E-state index contributed by atoms with van der Waals surface area (Å²) >= 11 is 9.27. The third kappa shape index (κ3) is 6.19. The highest BCUT2D eigenvalue weighted by Gasteiger charge is 2.17. The predicted molar refractivity (Wildman–Crippen MR) is 119 cm³/mol. The van der Waals surface area contributed by atoms with Crippen LogP contribution in [0.5, 0.6) is 0 Å². The van der Waals surface area contributed by atoms with Gasteiger partial charge in [-0.3, -0.25) is 9.59 Å². The molecule has 2 amide bonds. The topological polar surface area (TPSA) is 49.4 Å². The van der Waals surface area contributed by atoms with Gasteiger partial charge in [0.05, 0.1) is 11.7 Å². The number of benzene rings is 2. The minimum atomic E-state index is -0.237. The number of hydrogen-bond donors (Lipinski definition) is 1. The molecule has 0 spiro atoms. The van der Waals surface area contributed by atoms with Crippen LogP contribution in [0, 0.1) is 0 Å². The number of hydrogen-bond acceptors (Lipinski definition) is 4. The van der Waals surface area contributed by atoms with Gasteiger partial charge in [-0.1, -0.05) is 23.7 Å². The highest BCUT2D eigenvalue weighted by atomic mass is 35.5. The first-order chi connectivity index (χ1) is 13.5. The molecule has 7 heteroatoms. The van der Waals surface area contributed by atoms with Crippen molar-refractivity contribution in [1.29, 1.82) is 0 Å². The maximum absolute atomic E-state index is 12.4. The second-order valence-electron chi connectivity index (χ2n) is 6.57. The average molecular weight is 435 g/mol. The Bertz CT molecular complexity index is 806. The van der Waals surface area contributed by atoms with E-state index in [-0.39, 0.29) is 17.1 Å². The lowest BCUT2D eigenvalue weighted by Gasteiger charge is -2.26. The SMILES string of the molecule is CC(Sc1ccc(Cl)cc1)C(=O)Nc1ccc(CC(=O)N2CCSCC2)cc1. The van der Waals surface area contributed by atoms with E-state index >= 15 is 0 Å². The van der Waals surface area contributed by atoms with E-state index in [1.807, 2.05) is 72.1 Å². The minimum absolute atomic E-state index is 0.0606. The Labute approximate surface area is 179 Å². The van der Waals surface area contributed by atoms with Crippen LogP contribution in [-0.2, 0) is 16.0 Å². The molecule has 0 radical (unpaired) electrons. The molecule has 0 bridgehead atoms. The van der Waals surface area contributed by atoms with Crippen molar-refractivity contribution < 1.29 is 9.59 Å². The van der Waals surface area contributed by atoms with Crippen LogP contribution in [0.15, 0.2) is 53.4 Å². The fraction of sp³-hybridized carbons (Fsp3) is 0.333. The van der Waals surface area contributed by atoms with Gasteiger partial charge < -0.3 is 10.2 Å². The monoisotopic (exact) mass is 434 g/mol. The van der Waals surface area contributed by atoms with Gasteiger partial charge in [0.25, 0.3) is 0 Å². The van der Waals surface area contributed by atoms with Crippen LogP contribution < -0.4 is 5.32 Å². The van der Waals surface area contributed by atoms with Crippen LogP contribution in [0.3, 0.4) is 0 Å². The molecule has 3 rings (SSSR count). The number of thioether (sulfide) groups is 2. The lowest BCUT2D eigenvalue weighted by atomic mass is 10.1. The minimum Gasteiger partial charge on any atom is -0.341 e. The summed E-state index contributed by atoms with van der Waals surface area (Å²) in [6.45, 7) is 3.54. The number of anilines is 1. The fourth-order valence-electron chi connectivity index (χ4n) is 2.82. The quantitative estimate of drug-likeness (QED) is 0.676. The van der Waals surface area contributed by atoms with Crippen LogP contribution in [0.2, 0.25) is 5.02 Å². The largest absolute Gasteiger partial charge is 0.341 e. The first kappa shape index (κ1) is 21.1. The molecule has 2 aromatic rings. The van der Waals surface area contributed by atoms with Crippen molar-refractivity contribution in [3.05, 3.63) is 59.1 Å². The molecule has 1 heterocycles. The summed E-state index contributed by atoms with van der Waals surface area (Å²) in [6, 6.07) is 15.0. The summed E-state index contributed by atoms with van der Waals surface area (Å²) < 4.78 is 0. The summed E-state index contributed by atoms with van der Waals surface area (Å²) in [7, 11) is 0. The van der Waals surface area contributed by atoms with Gasteiger partial charge in [-0.15, -0.1) is 11.8 Å². The summed E-state index contributed by atoms with van der Waals surface area (Å²) in [5.74, 6) is 2.14. The maximum atomic E-state index is 12.4. The summed E-state index contributed by atoms with van der Waals surface area (Å²) in [6.07, 6.45) is 0.404. The van der Waals surface area contributed by atoms with Gasteiger partial charge in [-0.2, -0.15) is 11.8 Å². The first-order valence-corrected chi connectivity index (χ1v) is 11.6. The molecule has 1 unspecified atom stereocenters. The van der Waals surface area contributed by atoms with E-state index < -0.39 is 0 Å². The first-order valence-electron chi connectivity index (χ1n) is 9.19. The number of nitrogens with one attached hydrogen (secondary N) is 1. The van der Waals surface area contributed by atoms with Crippen LogP contribution in [0.4, 0.5) is 5.69 Å². The molecule has 0 saturated carbocycles. The molecule has 148 valence electrons. The number of carbonyl (C=O) groups is 2. The van der Waals surface area contributed by atoms with Gasteiger partial charge in [0, 0.05) is 40.2 Å². The molecule has 1 N–H and O–H groups in total. The van der Waals surface area contributed by atoms with Crippen molar-refractivity contribution in [3.8, 4) is 0 Å². The standard InChI is InChI=1S/C21H23ClN2O2S2/c1-15(28-19-8-4-17(22)5-9-19)21(26)23-18-6-2-16(3-7-18)14-20(25)24-10-12-27-13-11-24/h2-9,15H,10-14H2,1H3,(H,23,26). The third-order valence-electron chi connectivity index (χ3n) is 4.44.